The standard InChI is InChI=1S/C11H17N5OS/c1-8(2)11(3,6-12)14-9(17)5-18-10-15-13-7-16(10)4/h7-8H,5H2,1-4H3,(H,14,17)/t11-/m0/s1. The third-order valence-electron chi connectivity index (χ3n) is 2.79. The number of aromatic nitrogens is 3. The highest BCUT2D eigenvalue weighted by Gasteiger charge is 2.29. The van der Waals surface area contributed by atoms with Gasteiger partial charge in [-0.25, -0.2) is 0 Å². The molecule has 0 unspecified atom stereocenters. The number of nitrogens with one attached hydrogen (secondary N) is 1. The Kier molecular flexibility index (Phi) is 4.73. The summed E-state index contributed by atoms with van der Waals surface area (Å²) in [6, 6.07) is 2.14. The van der Waals surface area contributed by atoms with Crippen LogP contribution in [0.1, 0.15) is 20.8 Å². The molecule has 1 atom stereocenters. The van der Waals surface area contributed by atoms with Gasteiger partial charge in [-0.3, -0.25) is 4.79 Å². The Hall–Kier alpha value is -1.55. The number of thioether (sulfide) groups is 1. The number of amides is 1. The summed E-state index contributed by atoms with van der Waals surface area (Å²) in [5, 5.41) is 20.1. The lowest BCUT2D eigenvalue weighted by molar-refractivity contribution is -0.120. The highest BCUT2D eigenvalue weighted by atomic mass is 32.2. The monoisotopic (exact) mass is 267 g/mol. The molecule has 1 aromatic heterocycles. The Bertz CT molecular complexity index is 464. The van der Waals surface area contributed by atoms with E-state index in [9.17, 15) is 4.79 Å². The quantitative estimate of drug-likeness (QED) is 0.803. The van der Waals surface area contributed by atoms with E-state index < -0.39 is 5.54 Å². The molecule has 0 radical (unpaired) electrons. The summed E-state index contributed by atoms with van der Waals surface area (Å²) in [5.74, 6) is 0.0864. The van der Waals surface area contributed by atoms with Crippen molar-refractivity contribution in [3.8, 4) is 6.07 Å². The van der Waals surface area contributed by atoms with Crippen LogP contribution in [0.5, 0.6) is 0 Å². The number of hydrogen-bond acceptors (Lipinski definition) is 5. The van der Waals surface area contributed by atoms with Crippen molar-refractivity contribution < 1.29 is 4.79 Å². The SMILES string of the molecule is CC(C)[C@](C)(C#N)NC(=O)CSc1nncn1C. The van der Waals surface area contributed by atoms with Gasteiger partial charge in [0.15, 0.2) is 5.16 Å². The third kappa shape index (κ3) is 3.47. The molecule has 0 spiro atoms. The first-order valence-electron chi connectivity index (χ1n) is 5.58. The Morgan fingerprint density at radius 2 is 2.39 bits per heavy atom. The maximum Gasteiger partial charge on any atom is 0.231 e. The second-order valence-electron chi connectivity index (χ2n) is 4.53. The van der Waals surface area contributed by atoms with Crippen LogP contribution >= 0.6 is 11.8 Å². The second kappa shape index (κ2) is 5.87. The minimum absolute atomic E-state index is 0.0475. The first kappa shape index (κ1) is 14.5. The van der Waals surface area contributed by atoms with E-state index in [0.717, 1.165) is 0 Å². The van der Waals surface area contributed by atoms with Gasteiger partial charge in [-0.15, -0.1) is 10.2 Å². The van der Waals surface area contributed by atoms with E-state index in [-0.39, 0.29) is 17.6 Å². The summed E-state index contributed by atoms with van der Waals surface area (Å²) in [6.07, 6.45) is 1.58. The first-order chi connectivity index (χ1) is 8.39. The molecule has 18 heavy (non-hydrogen) atoms. The molecule has 0 aliphatic carbocycles. The van der Waals surface area contributed by atoms with Crippen LogP contribution in [-0.4, -0.2) is 32.0 Å². The minimum Gasteiger partial charge on any atom is -0.337 e. The molecule has 0 saturated heterocycles. The van der Waals surface area contributed by atoms with Crippen molar-refractivity contribution in [1.29, 1.82) is 5.26 Å². The zero-order chi connectivity index (χ0) is 13.8. The molecule has 1 N–H and O–H groups in total. The average molecular weight is 267 g/mol. The van der Waals surface area contributed by atoms with Crippen LogP contribution in [-0.2, 0) is 11.8 Å². The van der Waals surface area contributed by atoms with Crippen molar-refractivity contribution in [1.82, 2.24) is 20.1 Å². The van der Waals surface area contributed by atoms with E-state index in [1.165, 1.54) is 11.8 Å². The van der Waals surface area contributed by atoms with Gasteiger partial charge in [-0.1, -0.05) is 25.6 Å². The van der Waals surface area contributed by atoms with Gasteiger partial charge in [0, 0.05) is 7.05 Å². The summed E-state index contributed by atoms with van der Waals surface area (Å²) in [5.41, 5.74) is -0.836. The first-order valence-corrected chi connectivity index (χ1v) is 6.56. The zero-order valence-corrected chi connectivity index (χ0v) is 11.8. The number of carbonyl (C=O) groups is 1. The molecule has 0 bridgehead atoms. The van der Waals surface area contributed by atoms with Crippen LogP contribution in [0, 0.1) is 17.2 Å². The number of rotatable bonds is 5. The van der Waals surface area contributed by atoms with Gasteiger partial charge in [0.05, 0.1) is 11.8 Å². The van der Waals surface area contributed by atoms with Crippen molar-refractivity contribution in [2.75, 3.05) is 5.75 Å². The molecule has 7 heteroatoms. The molecule has 1 aromatic rings. The van der Waals surface area contributed by atoms with Gasteiger partial charge in [0.2, 0.25) is 5.91 Å². The highest BCUT2D eigenvalue weighted by molar-refractivity contribution is 7.99. The highest BCUT2D eigenvalue weighted by Crippen LogP contribution is 2.17. The van der Waals surface area contributed by atoms with Gasteiger partial charge in [-0.2, -0.15) is 5.26 Å². The van der Waals surface area contributed by atoms with E-state index in [2.05, 4.69) is 21.6 Å². The molecule has 1 rings (SSSR count). The van der Waals surface area contributed by atoms with E-state index in [4.69, 9.17) is 5.26 Å². The van der Waals surface area contributed by atoms with Gasteiger partial charge >= 0.3 is 0 Å². The zero-order valence-electron chi connectivity index (χ0n) is 11.0. The van der Waals surface area contributed by atoms with Crippen LogP contribution in [0.2, 0.25) is 0 Å². The normalized spacial score (nSPS) is 14.0. The molecule has 0 aliphatic rings. The summed E-state index contributed by atoms with van der Waals surface area (Å²) in [6.45, 7) is 5.53. The van der Waals surface area contributed by atoms with Crippen LogP contribution in [0.4, 0.5) is 0 Å². The van der Waals surface area contributed by atoms with Gasteiger partial charge in [-0.05, 0) is 12.8 Å². The average Bonchev–Trinajstić information content (AvgIpc) is 2.72. The Balaban J connectivity index is 2.53. The molecule has 6 nitrogen and oxygen atoms in total. The third-order valence-corrected chi connectivity index (χ3v) is 3.82. The molecule has 0 aliphatic heterocycles. The summed E-state index contributed by atoms with van der Waals surface area (Å²) >= 11 is 1.29. The summed E-state index contributed by atoms with van der Waals surface area (Å²) in [7, 11) is 1.81. The van der Waals surface area contributed by atoms with E-state index in [1.54, 1.807) is 17.8 Å². The Labute approximate surface area is 111 Å². The molecule has 0 saturated carbocycles. The van der Waals surface area contributed by atoms with E-state index >= 15 is 0 Å². The Morgan fingerprint density at radius 1 is 1.72 bits per heavy atom. The van der Waals surface area contributed by atoms with Crippen LogP contribution < -0.4 is 5.32 Å². The van der Waals surface area contributed by atoms with Crippen LogP contribution in [0.3, 0.4) is 0 Å². The fraction of sp³-hybridized carbons (Fsp3) is 0.636. The van der Waals surface area contributed by atoms with Crippen molar-refractivity contribution in [2.45, 2.75) is 31.5 Å². The number of nitriles is 1. The predicted octanol–water partition coefficient (Wildman–Crippen LogP) is 0.962. The molecular weight excluding hydrogens is 250 g/mol. The van der Waals surface area contributed by atoms with Crippen molar-refractivity contribution >= 4 is 17.7 Å². The molecular formula is C11H17N5OS. The number of aryl methyl sites for hydroxylation is 1. The van der Waals surface area contributed by atoms with Crippen molar-refractivity contribution in [2.24, 2.45) is 13.0 Å². The smallest absolute Gasteiger partial charge is 0.231 e. The summed E-state index contributed by atoms with van der Waals surface area (Å²) in [4.78, 5) is 11.8. The molecule has 0 fully saturated rings. The topological polar surface area (TPSA) is 83.6 Å². The lowest BCUT2D eigenvalue weighted by atomic mass is 9.90. The van der Waals surface area contributed by atoms with Crippen molar-refractivity contribution in [3.05, 3.63) is 6.33 Å². The predicted molar refractivity (Wildman–Crippen MR) is 68.7 cm³/mol. The lowest BCUT2D eigenvalue weighted by Gasteiger charge is -2.27. The molecule has 1 amide bonds. The maximum atomic E-state index is 11.8. The molecule has 0 aromatic carbocycles. The van der Waals surface area contributed by atoms with Gasteiger partial charge < -0.3 is 9.88 Å². The summed E-state index contributed by atoms with van der Waals surface area (Å²) < 4.78 is 1.74. The molecule has 98 valence electrons. The second-order valence-corrected chi connectivity index (χ2v) is 5.47. The largest absolute Gasteiger partial charge is 0.337 e. The number of hydrogen-bond donors (Lipinski definition) is 1. The lowest BCUT2D eigenvalue weighted by Crippen LogP contribution is -2.49. The Morgan fingerprint density at radius 3 is 2.83 bits per heavy atom. The van der Waals surface area contributed by atoms with Crippen LogP contribution in [0.25, 0.3) is 0 Å². The fourth-order valence-electron chi connectivity index (χ4n) is 1.16. The number of carbonyl (C=O) groups excluding carboxylic acids is 1. The van der Waals surface area contributed by atoms with Gasteiger partial charge in [0.1, 0.15) is 11.9 Å². The van der Waals surface area contributed by atoms with E-state index in [0.29, 0.717) is 5.16 Å². The van der Waals surface area contributed by atoms with E-state index in [1.807, 2.05) is 20.9 Å². The minimum atomic E-state index is -0.836. The molecule has 1 heterocycles. The van der Waals surface area contributed by atoms with Crippen molar-refractivity contribution in [3.63, 3.8) is 0 Å². The fourth-order valence-corrected chi connectivity index (χ4v) is 1.85. The number of nitrogens with zero attached hydrogens (tertiary/aromatic N) is 4. The van der Waals surface area contributed by atoms with Crippen LogP contribution in [0.15, 0.2) is 11.5 Å². The maximum absolute atomic E-state index is 11.8. The van der Waals surface area contributed by atoms with Gasteiger partial charge in [0.25, 0.3) is 0 Å².